The number of nitrogens with one attached hydrogen (secondary N) is 1. The second-order valence-electron chi connectivity index (χ2n) is 6.74. The van der Waals surface area contributed by atoms with Crippen LogP contribution in [-0.4, -0.2) is 27.2 Å². The third-order valence-electron chi connectivity index (χ3n) is 4.38. The number of rotatable bonds is 6. The van der Waals surface area contributed by atoms with Crippen molar-refractivity contribution in [3.05, 3.63) is 22.5 Å². The molecule has 0 fully saturated rings. The van der Waals surface area contributed by atoms with Gasteiger partial charge in [0.2, 0.25) is 5.91 Å². The summed E-state index contributed by atoms with van der Waals surface area (Å²) in [5, 5.41) is 8.58. The number of amides is 1. The molecule has 2 aromatic rings. The average molecular weight is 316 g/mol. The highest BCUT2D eigenvalue weighted by Gasteiger charge is 2.16. The van der Waals surface area contributed by atoms with Gasteiger partial charge >= 0.3 is 0 Å². The summed E-state index contributed by atoms with van der Waals surface area (Å²) < 4.78 is 1.83. The zero-order valence-corrected chi connectivity index (χ0v) is 15.2. The highest BCUT2D eigenvalue weighted by atomic mass is 16.1. The summed E-state index contributed by atoms with van der Waals surface area (Å²) in [4.78, 5) is 16.7. The molecular formula is C18H28N4O. The van der Waals surface area contributed by atoms with Gasteiger partial charge in [-0.05, 0) is 50.7 Å². The molecule has 0 saturated heterocycles. The van der Waals surface area contributed by atoms with Crippen molar-refractivity contribution in [3.63, 3.8) is 0 Å². The molecule has 1 amide bonds. The summed E-state index contributed by atoms with van der Waals surface area (Å²) in [6, 6.07) is 0. The molecule has 0 atom stereocenters. The lowest BCUT2D eigenvalue weighted by molar-refractivity contribution is -0.121. The van der Waals surface area contributed by atoms with Crippen LogP contribution in [0.5, 0.6) is 0 Å². The topological polar surface area (TPSA) is 59.8 Å². The van der Waals surface area contributed by atoms with E-state index in [0.717, 1.165) is 41.8 Å². The smallest absolute Gasteiger partial charge is 0.220 e. The molecule has 23 heavy (non-hydrogen) atoms. The Morgan fingerprint density at radius 1 is 1.22 bits per heavy atom. The van der Waals surface area contributed by atoms with Crippen LogP contribution in [0.15, 0.2) is 0 Å². The minimum Gasteiger partial charge on any atom is -0.356 e. The van der Waals surface area contributed by atoms with Crippen LogP contribution in [0.2, 0.25) is 0 Å². The van der Waals surface area contributed by atoms with Gasteiger partial charge in [-0.2, -0.15) is 5.10 Å². The Labute approximate surface area is 138 Å². The molecule has 0 aliphatic rings. The lowest BCUT2D eigenvalue weighted by atomic mass is 9.99. The van der Waals surface area contributed by atoms with Crippen molar-refractivity contribution >= 4 is 16.9 Å². The highest BCUT2D eigenvalue weighted by molar-refractivity contribution is 5.84. The lowest BCUT2D eigenvalue weighted by Gasteiger charge is -2.12. The van der Waals surface area contributed by atoms with Crippen LogP contribution in [0.25, 0.3) is 11.0 Å². The van der Waals surface area contributed by atoms with Gasteiger partial charge in [-0.1, -0.05) is 13.8 Å². The molecule has 0 saturated carbocycles. The van der Waals surface area contributed by atoms with E-state index in [1.807, 2.05) is 25.6 Å². The number of aryl methyl sites for hydroxylation is 4. The van der Waals surface area contributed by atoms with E-state index < -0.39 is 0 Å². The van der Waals surface area contributed by atoms with Crippen molar-refractivity contribution in [1.82, 2.24) is 20.1 Å². The molecule has 0 radical (unpaired) electrons. The van der Waals surface area contributed by atoms with E-state index in [0.29, 0.717) is 12.3 Å². The van der Waals surface area contributed by atoms with Crippen LogP contribution >= 0.6 is 0 Å². The van der Waals surface area contributed by atoms with Gasteiger partial charge in [0.25, 0.3) is 0 Å². The largest absolute Gasteiger partial charge is 0.356 e. The average Bonchev–Trinajstić information content (AvgIpc) is 2.72. The molecule has 2 aromatic heterocycles. The van der Waals surface area contributed by atoms with Gasteiger partial charge in [0.05, 0.1) is 5.69 Å². The van der Waals surface area contributed by atoms with Crippen molar-refractivity contribution in [2.24, 2.45) is 13.0 Å². The summed E-state index contributed by atoms with van der Waals surface area (Å²) >= 11 is 0. The monoisotopic (exact) mass is 316 g/mol. The van der Waals surface area contributed by atoms with Gasteiger partial charge in [0.1, 0.15) is 0 Å². The van der Waals surface area contributed by atoms with Gasteiger partial charge in [-0.25, -0.2) is 4.98 Å². The SMILES string of the molecule is Cc1nc2c(c(C)nn2C)c(C)c1CCC(=O)NCCC(C)C. The number of aromatic nitrogens is 3. The Balaban J connectivity index is 2.11. The van der Waals surface area contributed by atoms with Crippen molar-refractivity contribution < 1.29 is 4.79 Å². The zero-order valence-electron chi connectivity index (χ0n) is 15.2. The molecule has 5 nitrogen and oxygen atoms in total. The molecule has 0 aromatic carbocycles. The zero-order chi connectivity index (χ0) is 17.1. The Morgan fingerprint density at radius 2 is 1.91 bits per heavy atom. The number of hydrogen-bond donors (Lipinski definition) is 1. The normalized spacial score (nSPS) is 11.4. The first-order valence-electron chi connectivity index (χ1n) is 8.37. The van der Waals surface area contributed by atoms with E-state index in [4.69, 9.17) is 0 Å². The number of pyridine rings is 1. The summed E-state index contributed by atoms with van der Waals surface area (Å²) in [5.74, 6) is 0.729. The Kier molecular flexibility index (Phi) is 5.39. The molecule has 5 heteroatoms. The maximum atomic E-state index is 12.0. The third-order valence-corrected chi connectivity index (χ3v) is 4.38. The number of carbonyl (C=O) groups is 1. The fourth-order valence-electron chi connectivity index (χ4n) is 3.06. The predicted molar refractivity (Wildman–Crippen MR) is 93.5 cm³/mol. The van der Waals surface area contributed by atoms with E-state index in [-0.39, 0.29) is 5.91 Å². The quantitative estimate of drug-likeness (QED) is 0.891. The van der Waals surface area contributed by atoms with Crippen LogP contribution in [-0.2, 0) is 18.3 Å². The van der Waals surface area contributed by atoms with E-state index >= 15 is 0 Å². The second-order valence-corrected chi connectivity index (χ2v) is 6.74. The van der Waals surface area contributed by atoms with Crippen LogP contribution in [0.3, 0.4) is 0 Å². The number of fused-ring (bicyclic) bond motifs is 1. The first kappa shape index (κ1) is 17.4. The van der Waals surface area contributed by atoms with Gasteiger partial charge in [-0.15, -0.1) is 0 Å². The van der Waals surface area contributed by atoms with Gasteiger partial charge < -0.3 is 5.32 Å². The van der Waals surface area contributed by atoms with Crippen molar-refractivity contribution in [1.29, 1.82) is 0 Å². The second kappa shape index (κ2) is 7.11. The van der Waals surface area contributed by atoms with Crippen molar-refractivity contribution in [3.8, 4) is 0 Å². The molecule has 126 valence electrons. The minimum absolute atomic E-state index is 0.118. The molecule has 1 N–H and O–H groups in total. The van der Waals surface area contributed by atoms with Crippen molar-refractivity contribution in [2.75, 3.05) is 6.54 Å². The molecule has 2 rings (SSSR count). The van der Waals surface area contributed by atoms with E-state index in [2.05, 4.69) is 36.2 Å². The number of hydrogen-bond acceptors (Lipinski definition) is 3. The molecule has 2 heterocycles. The number of carbonyl (C=O) groups excluding carboxylic acids is 1. The van der Waals surface area contributed by atoms with Gasteiger partial charge in [-0.3, -0.25) is 9.48 Å². The Bertz CT molecular complexity index is 716. The molecule has 0 spiro atoms. The molecule has 0 aliphatic heterocycles. The van der Waals surface area contributed by atoms with Crippen LogP contribution in [0.4, 0.5) is 0 Å². The van der Waals surface area contributed by atoms with Gasteiger partial charge in [0, 0.05) is 31.1 Å². The third kappa shape index (κ3) is 3.89. The standard InChI is InChI=1S/C18H28N4O/c1-11(2)9-10-19-16(23)8-7-15-12(3)17-14(5)21-22(6)18(17)20-13(15)4/h11H,7-10H2,1-6H3,(H,19,23). The molecular weight excluding hydrogens is 288 g/mol. The Hall–Kier alpha value is -1.91. The summed E-state index contributed by atoms with van der Waals surface area (Å²) in [5.41, 5.74) is 5.28. The Morgan fingerprint density at radius 3 is 2.57 bits per heavy atom. The fraction of sp³-hybridized carbons (Fsp3) is 0.611. The maximum absolute atomic E-state index is 12.0. The first-order valence-corrected chi connectivity index (χ1v) is 8.37. The van der Waals surface area contributed by atoms with E-state index in [1.165, 1.54) is 11.1 Å². The summed E-state index contributed by atoms with van der Waals surface area (Å²) in [6.07, 6.45) is 2.25. The number of nitrogens with zero attached hydrogens (tertiary/aromatic N) is 3. The first-order chi connectivity index (χ1) is 10.8. The maximum Gasteiger partial charge on any atom is 0.220 e. The molecule has 0 aliphatic carbocycles. The lowest BCUT2D eigenvalue weighted by Crippen LogP contribution is -2.25. The minimum atomic E-state index is 0.118. The van der Waals surface area contributed by atoms with Crippen LogP contribution < -0.4 is 5.32 Å². The van der Waals surface area contributed by atoms with Crippen LogP contribution in [0.1, 0.15) is 49.2 Å². The highest BCUT2D eigenvalue weighted by Crippen LogP contribution is 2.25. The fourth-order valence-corrected chi connectivity index (χ4v) is 3.06. The van der Waals surface area contributed by atoms with E-state index in [9.17, 15) is 4.79 Å². The van der Waals surface area contributed by atoms with E-state index in [1.54, 1.807) is 0 Å². The summed E-state index contributed by atoms with van der Waals surface area (Å²) in [7, 11) is 1.92. The van der Waals surface area contributed by atoms with Gasteiger partial charge in [0.15, 0.2) is 5.65 Å². The van der Waals surface area contributed by atoms with Crippen molar-refractivity contribution in [2.45, 2.75) is 53.9 Å². The molecule has 0 bridgehead atoms. The van der Waals surface area contributed by atoms with Crippen LogP contribution in [0, 0.1) is 26.7 Å². The predicted octanol–water partition coefficient (Wildman–Crippen LogP) is 2.99. The summed E-state index contributed by atoms with van der Waals surface area (Å²) in [6.45, 7) is 11.2. The molecule has 0 unspecified atom stereocenters.